The second-order valence-electron chi connectivity index (χ2n) is 25.0. The topological polar surface area (TPSA) is 233 Å². The van der Waals surface area contributed by atoms with Crippen LogP contribution in [0.5, 0.6) is 0 Å². The molecule has 88 heavy (non-hydrogen) atoms. The molecular weight excluding hydrogens is 1110 g/mol. The van der Waals surface area contributed by atoms with Crippen molar-refractivity contribution in [1.29, 1.82) is 0 Å². The van der Waals surface area contributed by atoms with Crippen molar-refractivity contribution in [2.24, 2.45) is 20.0 Å². The first kappa shape index (κ1) is 55.0. The van der Waals surface area contributed by atoms with Crippen molar-refractivity contribution in [3.8, 4) is 0 Å². The fraction of sp³-hybridized carbons (Fsp3) is 0.343. The first-order chi connectivity index (χ1) is 42.9. The fourth-order valence-electron chi connectivity index (χ4n) is 15.9. The molecule has 20 bridgehead atoms. The summed E-state index contributed by atoms with van der Waals surface area (Å²) < 4.78 is 0. The molecule has 18 heteroatoms. The molecule has 8 amide bonds. The van der Waals surface area contributed by atoms with Gasteiger partial charge >= 0.3 is 0 Å². The van der Waals surface area contributed by atoms with Gasteiger partial charge in [-0.15, -0.1) is 0 Å². The number of aliphatic imine (C=N–C) groups is 4. The van der Waals surface area contributed by atoms with Gasteiger partial charge in [0, 0.05) is 102 Å². The Morgan fingerprint density at radius 1 is 0.284 bits per heavy atom. The Labute approximate surface area is 505 Å². The maximum absolute atomic E-state index is 14.9. The zero-order valence-electron chi connectivity index (χ0n) is 48.1. The summed E-state index contributed by atoms with van der Waals surface area (Å²) in [5, 5.41) is 1.09. The van der Waals surface area contributed by atoms with Crippen LogP contribution in [0.1, 0.15) is 229 Å². The quantitative estimate of drug-likeness (QED) is 0.118. The number of hydrogen-bond acceptors (Lipinski definition) is 14. The molecule has 19 aliphatic rings. The molecule has 0 spiro atoms. The number of rotatable bonds is 2. The monoisotopic (exact) mass is 1170 g/mol. The van der Waals surface area contributed by atoms with Crippen molar-refractivity contribution >= 4 is 106 Å². The Morgan fingerprint density at radius 3 is 0.670 bits per heavy atom. The van der Waals surface area contributed by atoms with Gasteiger partial charge in [-0.2, -0.15) is 0 Å². The van der Waals surface area contributed by atoms with Crippen molar-refractivity contribution in [3.05, 3.63) is 163 Å². The zero-order chi connectivity index (χ0) is 60.2. The van der Waals surface area contributed by atoms with Crippen LogP contribution in [0.4, 0.5) is 0 Å². The Bertz CT molecular complexity index is 3630. The second kappa shape index (κ2) is 21.7. The normalized spacial score (nSPS) is 25.9. The van der Waals surface area contributed by atoms with Gasteiger partial charge in [0.1, 0.15) is 12.6 Å². The van der Waals surface area contributed by atoms with Crippen LogP contribution in [-0.4, -0.2) is 153 Å². The summed E-state index contributed by atoms with van der Waals surface area (Å²) in [7, 11) is 0. The number of carbonyl (C=O) groups excluding carboxylic acids is 10. The highest BCUT2D eigenvalue weighted by Crippen LogP contribution is 2.44. The SMILES string of the molecule is O=Cc1cc2cc(c1)C=N[C@H]1CCCC[C@@H]1N1C(=O)c3ccc4c5c(ccc(c35)C1=O)C(=O)N(C4=O)[C@H]1CCCC[C@@H]1N=Cc1cc(C=O)cc(c1)C=N[C@H]1CCCC[C@@H]1N1C(=O)c3ccc4c5c(ccc(c35)C1=O)C(=O)N(C4=O)[C@H]1CCCC[C@@H]1N=C2. The molecular formula is C70H60N8O10. The molecule has 18 nitrogen and oxygen atoms in total. The summed E-state index contributed by atoms with van der Waals surface area (Å²) >= 11 is 0. The van der Waals surface area contributed by atoms with Crippen LogP contribution in [0.25, 0.3) is 21.5 Å². The lowest BCUT2D eigenvalue weighted by Crippen LogP contribution is -2.54. The summed E-state index contributed by atoms with van der Waals surface area (Å²) in [6, 6.07) is 18.5. The maximum Gasteiger partial charge on any atom is 0.261 e. The zero-order valence-corrected chi connectivity index (χ0v) is 48.1. The van der Waals surface area contributed by atoms with Crippen LogP contribution in [0, 0.1) is 0 Å². The molecule has 4 fully saturated rings. The number of imide groups is 4. The van der Waals surface area contributed by atoms with Gasteiger partial charge in [-0.1, -0.05) is 51.4 Å². The van der Waals surface area contributed by atoms with E-state index in [-0.39, 0.29) is 66.1 Å². The van der Waals surface area contributed by atoms with Gasteiger partial charge in [0.2, 0.25) is 0 Å². The van der Waals surface area contributed by atoms with Gasteiger partial charge in [-0.05, 0) is 159 Å². The molecule has 25 rings (SSSR count). The number of carbonyl (C=O) groups is 10. The molecule has 0 radical (unpaired) electrons. The molecule has 4 aliphatic carbocycles. The predicted molar refractivity (Wildman–Crippen MR) is 328 cm³/mol. The highest BCUT2D eigenvalue weighted by atomic mass is 16.2. The Balaban J connectivity index is 0.825. The Kier molecular flexibility index (Phi) is 13.6. The van der Waals surface area contributed by atoms with E-state index in [2.05, 4.69) is 0 Å². The molecule has 15 aliphatic heterocycles. The van der Waals surface area contributed by atoms with E-state index >= 15 is 0 Å². The standard InChI is InChI=1S/C70H60N8O10/c79-35-41-27-37-25-38(28-41)32-72-52-10-2-6-14-56(52)77-67(85)47-21-23-49-62-50(24-22-48(61(47)62)68(77)86)70(88)78(69(49)87)58-16-8-4-12-54(58)74-34-40-26-39(29-42(30-40)36-80)33-73-53-11-3-7-15-57(53)76-65(83)45-19-17-43-59-44(18-20-46(60(45)59)66(76)84)64(82)75(63(43)81)55-13-5-1-9-51(55)71-31-37/h17-36,51-58H,1-16H2/t51-,52-,53-,54-,55-,56-,57-,58-/m0/s1. The number of amides is 8. The molecule has 15 heterocycles. The molecule has 0 aromatic heterocycles. The molecule has 0 saturated heterocycles. The minimum Gasteiger partial charge on any atom is -0.298 e. The van der Waals surface area contributed by atoms with Gasteiger partial charge in [0.25, 0.3) is 47.3 Å². The number of nitrogens with zero attached hydrogens (tertiary/aromatic N) is 8. The lowest BCUT2D eigenvalue weighted by Gasteiger charge is -2.41. The van der Waals surface area contributed by atoms with Crippen LogP contribution < -0.4 is 0 Å². The van der Waals surface area contributed by atoms with Crippen LogP contribution in [0.2, 0.25) is 0 Å². The van der Waals surface area contributed by atoms with Gasteiger partial charge in [0.05, 0.1) is 48.3 Å². The molecule has 440 valence electrons. The van der Waals surface area contributed by atoms with Crippen molar-refractivity contribution in [2.75, 3.05) is 0 Å². The molecule has 8 atom stereocenters. The van der Waals surface area contributed by atoms with E-state index in [0.29, 0.717) is 84.7 Å². The lowest BCUT2D eigenvalue weighted by molar-refractivity contribution is 0.0460. The Hall–Kier alpha value is -9.58. The van der Waals surface area contributed by atoms with E-state index in [1.54, 1.807) is 97.7 Å². The van der Waals surface area contributed by atoms with Crippen LogP contribution in [0.3, 0.4) is 0 Å². The molecule has 0 unspecified atom stereocenters. The fourth-order valence-corrected chi connectivity index (χ4v) is 15.9. The van der Waals surface area contributed by atoms with Crippen LogP contribution in [0.15, 0.2) is 105 Å². The number of hydrogen-bond donors (Lipinski definition) is 0. The minimum atomic E-state index is -0.632. The van der Waals surface area contributed by atoms with Gasteiger partial charge in [0.15, 0.2) is 0 Å². The van der Waals surface area contributed by atoms with E-state index in [0.717, 1.165) is 63.9 Å². The first-order valence-electron chi connectivity index (χ1n) is 30.9. The van der Waals surface area contributed by atoms with Crippen molar-refractivity contribution in [3.63, 3.8) is 0 Å². The average molecular weight is 1170 g/mol. The largest absolute Gasteiger partial charge is 0.298 e. The molecule has 4 saturated carbocycles. The molecule has 0 N–H and O–H groups in total. The summed E-state index contributed by atoms with van der Waals surface area (Å²) in [6.45, 7) is 0. The van der Waals surface area contributed by atoms with Crippen molar-refractivity contribution in [2.45, 2.75) is 151 Å². The van der Waals surface area contributed by atoms with E-state index < -0.39 is 95.6 Å². The molecule has 6 aromatic carbocycles. The van der Waals surface area contributed by atoms with E-state index in [4.69, 9.17) is 20.0 Å². The van der Waals surface area contributed by atoms with Crippen LogP contribution >= 0.6 is 0 Å². The smallest absolute Gasteiger partial charge is 0.261 e. The van der Waals surface area contributed by atoms with E-state index in [1.165, 1.54) is 19.6 Å². The average Bonchev–Trinajstić information content (AvgIpc) is 0.785. The molecule has 6 aromatic rings. The van der Waals surface area contributed by atoms with Crippen molar-refractivity contribution < 1.29 is 47.9 Å². The number of aldehydes is 2. The third-order valence-electron chi connectivity index (χ3n) is 19.9. The summed E-state index contributed by atoms with van der Waals surface area (Å²) in [5.41, 5.74) is 4.72. The minimum absolute atomic E-state index is 0.213. The summed E-state index contributed by atoms with van der Waals surface area (Å²) in [5.74, 6) is -4.29. The summed E-state index contributed by atoms with van der Waals surface area (Å²) in [6.07, 6.45) is 18.4. The highest BCUT2D eigenvalue weighted by Gasteiger charge is 2.49. The third-order valence-corrected chi connectivity index (χ3v) is 19.9. The first-order valence-corrected chi connectivity index (χ1v) is 30.9. The summed E-state index contributed by atoms with van der Waals surface area (Å²) in [4.78, 5) is 170. The van der Waals surface area contributed by atoms with Gasteiger partial charge in [-0.3, -0.25) is 87.5 Å². The third kappa shape index (κ3) is 8.79. The van der Waals surface area contributed by atoms with Gasteiger partial charge < -0.3 is 0 Å². The second-order valence-corrected chi connectivity index (χ2v) is 25.0. The van der Waals surface area contributed by atoms with Gasteiger partial charge in [-0.25, -0.2) is 0 Å². The van der Waals surface area contributed by atoms with Crippen molar-refractivity contribution in [1.82, 2.24) is 19.6 Å². The van der Waals surface area contributed by atoms with E-state index in [1.807, 2.05) is 12.1 Å². The van der Waals surface area contributed by atoms with Crippen LogP contribution in [-0.2, 0) is 0 Å². The highest BCUT2D eigenvalue weighted by molar-refractivity contribution is 6.35. The predicted octanol–water partition coefficient (Wildman–Crippen LogP) is 10.0. The van der Waals surface area contributed by atoms with E-state index in [9.17, 15) is 47.9 Å². The Morgan fingerprint density at radius 2 is 0.477 bits per heavy atom. The lowest BCUT2D eigenvalue weighted by atomic mass is 9.82. The number of benzene rings is 6. The maximum atomic E-state index is 14.9.